The quantitative estimate of drug-likeness (QED) is 0.646. The highest BCUT2D eigenvalue weighted by Crippen LogP contribution is 2.46. The van der Waals surface area contributed by atoms with Gasteiger partial charge >= 0.3 is 13.6 Å². The topological polar surface area (TPSA) is 102 Å². The molecule has 124 valence electrons. The SMILES string of the molecule is COC(=O)c1c(C)c(OC)c(P(=O)(O)O)c2c(OC)cccc12. The van der Waals surface area contributed by atoms with Crippen molar-refractivity contribution in [2.75, 3.05) is 21.3 Å². The number of carbonyl (C=O) groups is 1. The molecule has 2 rings (SSSR count). The molecule has 0 unspecified atom stereocenters. The van der Waals surface area contributed by atoms with Crippen LogP contribution in [0, 0.1) is 6.92 Å². The molecule has 0 aliphatic rings. The first kappa shape index (κ1) is 17.3. The standard InChI is InChI=1S/C15H17O7P/c1-8-11(15(16)22-4)9-6-5-7-10(20-2)12(9)14(13(8)21-3)23(17,18)19/h5-7H,1-4H3,(H2,17,18,19). The van der Waals surface area contributed by atoms with Crippen LogP contribution in [0.1, 0.15) is 15.9 Å². The summed E-state index contributed by atoms with van der Waals surface area (Å²) in [6.07, 6.45) is 0. The fourth-order valence-electron chi connectivity index (χ4n) is 2.65. The first-order chi connectivity index (χ1) is 10.8. The second-order valence-electron chi connectivity index (χ2n) is 4.80. The molecule has 0 bridgehead atoms. The van der Waals surface area contributed by atoms with E-state index in [2.05, 4.69) is 0 Å². The van der Waals surface area contributed by atoms with Crippen LogP contribution < -0.4 is 14.8 Å². The zero-order valence-corrected chi connectivity index (χ0v) is 14.0. The van der Waals surface area contributed by atoms with Crippen LogP contribution in [-0.2, 0) is 9.30 Å². The van der Waals surface area contributed by atoms with E-state index in [1.807, 2.05) is 0 Å². The fourth-order valence-corrected chi connectivity index (χ4v) is 3.70. The predicted molar refractivity (Wildman–Crippen MR) is 84.8 cm³/mol. The molecule has 2 aromatic carbocycles. The predicted octanol–water partition coefficient (Wildman–Crippen LogP) is 1.76. The minimum Gasteiger partial charge on any atom is -0.496 e. The van der Waals surface area contributed by atoms with Gasteiger partial charge in [-0.25, -0.2) is 4.79 Å². The summed E-state index contributed by atoms with van der Waals surface area (Å²) in [6, 6.07) is 4.76. The molecule has 0 atom stereocenters. The summed E-state index contributed by atoms with van der Waals surface area (Å²) < 4.78 is 27.2. The molecule has 0 aromatic heterocycles. The highest BCUT2D eigenvalue weighted by Gasteiger charge is 2.33. The van der Waals surface area contributed by atoms with E-state index >= 15 is 0 Å². The van der Waals surface area contributed by atoms with E-state index in [0.717, 1.165) is 0 Å². The third-order valence-corrected chi connectivity index (χ3v) is 4.58. The lowest BCUT2D eigenvalue weighted by atomic mass is 9.97. The van der Waals surface area contributed by atoms with Gasteiger partial charge in [0.1, 0.15) is 16.8 Å². The smallest absolute Gasteiger partial charge is 0.360 e. The van der Waals surface area contributed by atoms with E-state index in [4.69, 9.17) is 14.2 Å². The Morgan fingerprint density at radius 2 is 1.78 bits per heavy atom. The van der Waals surface area contributed by atoms with Crippen LogP contribution in [0.15, 0.2) is 18.2 Å². The number of esters is 1. The summed E-state index contributed by atoms with van der Waals surface area (Å²) in [5.74, 6) is -0.462. The average Bonchev–Trinajstić information content (AvgIpc) is 2.51. The number of hydrogen-bond acceptors (Lipinski definition) is 5. The Balaban J connectivity index is 3.17. The highest BCUT2D eigenvalue weighted by molar-refractivity contribution is 7.61. The van der Waals surface area contributed by atoms with Crippen LogP contribution in [-0.4, -0.2) is 37.1 Å². The van der Waals surface area contributed by atoms with Crippen molar-refractivity contribution in [1.82, 2.24) is 0 Å². The van der Waals surface area contributed by atoms with E-state index < -0.39 is 13.6 Å². The molecule has 0 saturated carbocycles. The maximum atomic E-state index is 12.2. The Labute approximate surface area is 132 Å². The second kappa shape index (κ2) is 6.20. The van der Waals surface area contributed by atoms with Gasteiger partial charge in [-0.15, -0.1) is 0 Å². The summed E-state index contributed by atoms with van der Waals surface area (Å²) in [6.45, 7) is 1.54. The van der Waals surface area contributed by atoms with Crippen LogP contribution in [0.25, 0.3) is 10.8 Å². The van der Waals surface area contributed by atoms with Crippen molar-refractivity contribution in [1.29, 1.82) is 0 Å². The van der Waals surface area contributed by atoms with E-state index in [1.165, 1.54) is 21.3 Å². The maximum absolute atomic E-state index is 12.2. The first-order valence-electron chi connectivity index (χ1n) is 6.59. The molecule has 0 aliphatic heterocycles. The maximum Gasteiger partial charge on any atom is 0.360 e. The number of ether oxygens (including phenoxy) is 3. The van der Waals surface area contributed by atoms with Gasteiger partial charge in [0.15, 0.2) is 0 Å². The van der Waals surface area contributed by atoms with E-state index in [9.17, 15) is 19.1 Å². The van der Waals surface area contributed by atoms with Gasteiger partial charge in [0.2, 0.25) is 0 Å². The van der Waals surface area contributed by atoms with Crippen LogP contribution in [0.5, 0.6) is 11.5 Å². The fraction of sp³-hybridized carbons (Fsp3) is 0.267. The number of hydrogen-bond donors (Lipinski definition) is 2. The Bertz CT molecular complexity index is 822. The molecule has 0 amide bonds. The molecule has 2 N–H and O–H groups in total. The number of carbonyl (C=O) groups excluding carboxylic acids is 1. The van der Waals surface area contributed by atoms with Gasteiger partial charge in [0, 0.05) is 16.3 Å². The molecule has 2 aromatic rings. The van der Waals surface area contributed by atoms with Crippen molar-refractivity contribution >= 4 is 29.6 Å². The van der Waals surface area contributed by atoms with Crippen molar-refractivity contribution in [2.45, 2.75) is 6.92 Å². The lowest BCUT2D eigenvalue weighted by Crippen LogP contribution is -2.17. The lowest BCUT2D eigenvalue weighted by Gasteiger charge is -2.20. The van der Waals surface area contributed by atoms with Crippen LogP contribution in [0.2, 0.25) is 0 Å². The third kappa shape index (κ3) is 2.79. The molecule has 0 saturated heterocycles. The Hall–Kier alpha value is -2.08. The van der Waals surface area contributed by atoms with Crippen molar-refractivity contribution in [3.8, 4) is 11.5 Å². The van der Waals surface area contributed by atoms with Gasteiger partial charge in [0.25, 0.3) is 0 Å². The van der Waals surface area contributed by atoms with Gasteiger partial charge in [0.05, 0.1) is 26.9 Å². The number of fused-ring (bicyclic) bond motifs is 1. The molecular formula is C15H17O7P. The van der Waals surface area contributed by atoms with Crippen molar-refractivity contribution < 1.29 is 33.4 Å². The van der Waals surface area contributed by atoms with Crippen LogP contribution in [0.3, 0.4) is 0 Å². The Morgan fingerprint density at radius 1 is 1.13 bits per heavy atom. The van der Waals surface area contributed by atoms with E-state index in [0.29, 0.717) is 10.9 Å². The number of rotatable bonds is 4. The molecule has 8 heteroatoms. The molecule has 0 fully saturated rings. The summed E-state index contributed by atoms with van der Waals surface area (Å²) >= 11 is 0. The highest BCUT2D eigenvalue weighted by atomic mass is 31.2. The summed E-state index contributed by atoms with van der Waals surface area (Å²) in [4.78, 5) is 31.7. The summed E-state index contributed by atoms with van der Waals surface area (Å²) in [5.41, 5.74) is 0.467. The van der Waals surface area contributed by atoms with Gasteiger partial charge < -0.3 is 24.0 Å². The molecule has 23 heavy (non-hydrogen) atoms. The van der Waals surface area contributed by atoms with Crippen molar-refractivity contribution in [3.63, 3.8) is 0 Å². The second-order valence-corrected chi connectivity index (χ2v) is 6.34. The third-order valence-electron chi connectivity index (χ3n) is 3.57. The largest absolute Gasteiger partial charge is 0.496 e. The molecule has 0 radical (unpaired) electrons. The summed E-state index contributed by atoms with van der Waals surface area (Å²) in [7, 11) is -0.808. The Kier molecular flexibility index (Phi) is 4.66. The molecule has 0 spiro atoms. The first-order valence-corrected chi connectivity index (χ1v) is 8.20. The minimum atomic E-state index is -4.70. The minimum absolute atomic E-state index is 0.0595. The van der Waals surface area contributed by atoms with E-state index in [1.54, 1.807) is 25.1 Å². The Morgan fingerprint density at radius 3 is 2.26 bits per heavy atom. The van der Waals surface area contributed by atoms with Crippen LogP contribution >= 0.6 is 7.60 Å². The monoisotopic (exact) mass is 340 g/mol. The molecule has 7 nitrogen and oxygen atoms in total. The van der Waals surface area contributed by atoms with Crippen LogP contribution in [0.4, 0.5) is 0 Å². The van der Waals surface area contributed by atoms with Crippen molar-refractivity contribution in [2.24, 2.45) is 0 Å². The normalized spacial score (nSPS) is 11.4. The molecule has 0 heterocycles. The number of benzene rings is 2. The van der Waals surface area contributed by atoms with Gasteiger partial charge in [-0.05, 0) is 13.0 Å². The zero-order chi connectivity index (χ0) is 17.4. The lowest BCUT2D eigenvalue weighted by molar-refractivity contribution is 0.0601. The zero-order valence-electron chi connectivity index (χ0n) is 13.1. The van der Waals surface area contributed by atoms with Gasteiger partial charge in [-0.3, -0.25) is 4.57 Å². The number of methoxy groups -OCH3 is 3. The van der Waals surface area contributed by atoms with Crippen molar-refractivity contribution in [3.05, 3.63) is 29.3 Å². The van der Waals surface area contributed by atoms with Gasteiger partial charge in [-0.1, -0.05) is 12.1 Å². The summed E-state index contributed by atoms with van der Waals surface area (Å²) in [5, 5.41) is 0.150. The average molecular weight is 340 g/mol. The molecular weight excluding hydrogens is 323 g/mol. The van der Waals surface area contributed by atoms with E-state index in [-0.39, 0.29) is 27.8 Å². The molecule has 0 aliphatic carbocycles. The van der Waals surface area contributed by atoms with Gasteiger partial charge in [-0.2, -0.15) is 0 Å².